The normalized spacial score (nSPS) is 13.5. The van der Waals surface area contributed by atoms with E-state index >= 15 is 0 Å². The molecule has 7 heteroatoms. The van der Waals surface area contributed by atoms with E-state index < -0.39 is 15.3 Å². The van der Waals surface area contributed by atoms with E-state index in [1.54, 1.807) is 31.7 Å². The maximum absolute atomic E-state index is 13.8. The number of methoxy groups -OCH3 is 3. The van der Waals surface area contributed by atoms with Crippen LogP contribution in [-0.2, 0) is 27.8 Å². The van der Waals surface area contributed by atoms with Crippen molar-refractivity contribution in [2.24, 2.45) is 0 Å². The van der Waals surface area contributed by atoms with Crippen LogP contribution in [0.15, 0.2) is 61.2 Å². The molecule has 32 heavy (non-hydrogen) atoms. The molecule has 0 spiro atoms. The summed E-state index contributed by atoms with van der Waals surface area (Å²) >= 11 is 0. The first kappa shape index (κ1) is 25.9. The zero-order valence-electron chi connectivity index (χ0n) is 19.5. The van der Waals surface area contributed by atoms with Crippen molar-refractivity contribution in [1.29, 1.82) is 0 Å². The summed E-state index contributed by atoms with van der Waals surface area (Å²) in [6.07, 6.45) is 3.15. The van der Waals surface area contributed by atoms with E-state index in [1.165, 1.54) is 0 Å². The Labute approximate surface area is 192 Å². The van der Waals surface area contributed by atoms with E-state index in [-0.39, 0.29) is 19.2 Å². The first-order valence-corrected chi connectivity index (χ1v) is 12.2. The molecule has 0 radical (unpaired) electrons. The van der Waals surface area contributed by atoms with Crippen molar-refractivity contribution in [3.8, 4) is 11.5 Å². The molecule has 0 fully saturated rings. The lowest BCUT2D eigenvalue weighted by Crippen LogP contribution is -2.39. The molecule has 2 rings (SSSR count). The van der Waals surface area contributed by atoms with E-state index in [9.17, 15) is 8.42 Å². The fourth-order valence-corrected chi connectivity index (χ4v) is 5.50. The van der Waals surface area contributed by atoms with Crippen molar-refractivity contribution >= 4 is 10.0 Å². The molecule has 0 saturated heterocycles. The molecule has 176 valence electrons. The summed E-state index contributed by atoms with van der Waals surface area (Å²) in [5.41, 5.74) is 1.79. The number of hydrogen-bond acceptors (Lipinski definition) is 5. The molecule has 0 bridgehead atoms. The fraction of sp³-hybridized carbons (Fsp3) is 0.440. The van der Waals surface area contributed by atoms with Crippen molar-refractivity contribution in [1.82, 2.24) is 4.31 Å². The maximum Gasteiger partial charge on any atom is 0.217 e. The lowest BCUT2D eigenvalue weighted by molar-refractivity contribution is 0.108. The minimum atomic E-state index is -3.63. The van der Waals surface area contributed by atoms with Crippen molar-refractivity contribution in [3.63, 3.8) is 0 Å². The number of allylic oxidation sites excluding steroid dienone is 1. The highest BCUT2D eigenvalue weighted by atomic mass is 32.2. The quantitative estimate of drug-likeness (QED) is 0.378. The molecular weight excluding hydrogens is 426 g/mol. The van der Waals surface area contributed by atoms with Gasteiger partial charge in [0.1, 0.15) is 11.5 Å². The molecule has 6 nitrogen and oxygen atoms in total. The Morgan fingerprint density at radius 3 is 1.75 bits per heavy atom. The summed E-state index contributed by atoms with van der Waals surface area (Å²) in [7, 11) is 1.20. The van der Waals surface area contributed by atoms with Crippen LogP contribution in [0.4, 0.5) is 0 Å². The molecule has 0 saturated carbocycles. The largest absolute Gasteiger partial charge is 0.497 e. The molecule has 2 atom stereocenters. The molecule has 2 aromatic rings. The van der Waals surface area contributed by atoms with Gasteiger partial charge >= 0.3 is 0 Å². The Hall–Kier alpha value is -2.35. The predicted molar refractivity (Wildman–Crippen MR) is 128 cm³/mol. The summed E-state index contributed by atoms with van der Waals surface area (Å²) in [5.74, 6) is 1.46. The molecule has 0 aliphatic heterocycles. The van der Waals surface area contributed by atoms with Gasteiger partial charge in [-0.15, -0.1) is 6.58 Å². The van der Waals surface area contributed by atoms with Crippen LogP contribution in [0.5, 0.6) is 11.5 Å². The first-order valence-electron chi connectivity index (χ1n) is 10.7. The van der Waals surface area contributed by atoms with Crippen LogP contribution in [0.25, 0.3) is 0 Å². The number of nitrogens with zero attached hydrogens (tertiary/aromatic N) is 1. The third-order valence-corrected chi connectivity index (χ3v) is 7.76. The van der Waals surface area contributed by atoms with Crippen LogP contribution >= 0.6 is 0 Å². The average molecular weight is 462 g/mol. The van der Waals surface area contributed by atoms with Crippen molar-refractivity contribution < 1.29 is 22.6 Å². The molecule has 0 aliphatic carbocycles. The van der Waals surface area contributed by atoms with Gasteiger partial charge in [-0.25, -0.2) is 8.42 Å². The fourth-order valence-electron chi connectivity index (χ4n) is 3.47. The average Bonchev–Trinajstić information content (AvgIpc) is 2.81. The van der Waals surface area contributed by atoms with Gasteiger partial charge in [-0.2, -0.15) is 4.31 Å². The zero-order valence-corrected chi connectivity index (χ0v) is 20.3. The Morgan fingerprint density at radius 1 is 0.906 bits per heavy atom. The van der Waals surface area contributed by atoms with Crippen LogP contribution in [0, 0.1) is 0 Å². The molecule has 0 heterocycles. The Morgan fingerprint density at radius 2 is 1.38 bits per heavy atom. The minimum absolute atomic E-state index is 0.164. The monoisotopic (exact) mass is 461 g/mol. The molecular formula is C25H35NO5S. The van der Waals surface area contributed by atoms with Crippen LogP contribution < -0.4 is 9.47 Å². The number of ether oxygens (including phenoxy) is 3. The van der Waals surface area contributed by atoms with Gasteiger partial charge in [0.2, 0.25) is 10.0 Å². The van der Waals surface area contributed by atoms with Crippen LogP contribution in [0.1, 0.15) is 37.3 Å². The second-order valence-corrected chi connectivity index (χ2v) is 9.99. The van der Waals surface area contributed by atoms with Crippen molar-refractivity contribution in [2.75, 3.05) is 21.3 Å². The van der Waals surface area contributed by atoms with Gasteiger partial charge in [0, 0.05) is 20.2 Å². The highest BCUT2D eigenvalue weighted by Gasteiger charge is 2.33. The summed E-state index contributed by atoms with van der Waals surface area (Å²) < 4.78 is 45.1. The van der Waals surface area contributed by atoms with E-state index in [0.29, 0.717) is 19.3 Å². The smallest absolute Gasteiger partial charge is 0.217 e. The Balaban J connectivity index is 2.38. The topological polar surface area (TPSA) is 65.1 Å². The SMILES string of the molecule is C=CCC[C@@H](C[C@@H](C)OC)S(=O)(=O)N(Cc1ccc(OC)cc1)Cc1ccc(OC)cc1. The molecule has 0 aliphatic rings. The predicted octanol–water partition coefficient (Wildman–Crippen LogP) is 4.80. The third kappa shape index (κ3) is 7.36. The van der Waals surface area contributed by atoms with Crippen LogP contribution in [-0.4, -0.2) is 45.4 Å². The molecule has 0 N–H and O–H groups in total. The van der Waals surface area contributed by atoms with Crippen molar-refractivity contribution in [2.45, 2.75) is 50.6 Å². The van der Waals surface area contributed by atoms with Gasteiger partial charge in [0.05, 0.1) is 25.6 Å². The van der Waals surface area contributed by atoms with Gasteiger partial charge in [0.15, 0.2) is 0 Å². The lowest BCUT2D eigenvalue weighted by Gasteiger charge is -2.29. The van der Waals surface area contributed by atoms with Gasteiger partial charge < -0.3 is 14.2 Å². The Bertz CT molecular complexity index is 876. The van der Waals surface area contributed by atoms with Crippen LogP contribution in [0.3, 0.4) is 0 Å². The van der Waals surface area contributed by atoms with E-state index in [4.69, 9.17) is 14.2 Å². The van der Waals surface area contributed by atoms with Crippen LogP contribution in [0.2, 0.25) is 0 Å². The van der Waals surface area contributed by atoms with Gasteiger partial charge in [-0.3, -0.25) is 0 Å². The second-order valence-electron chi connectivity index (χ2n) is 7.78. The third-order valence-electron chi connectivity index (χ3n) is 5.51. The lowest BCUT2D eigenvalue weighted by atomic mass is 10.1. The first-order chi connectivity index (χ1) is 15.3. The number of rotatable bonds is 14. The summed E-state index contributed by atoms with van der Waals surface area (Å²) in [4.78, 5) is 0. The maximum atomic E-state index is 13.8. The summed E-state index contributed by atoms with van der Waals surface area (Å²) in [6.45, 7) is 6.20. The Kier molecular flexibility index (Phi) is 10.2. The second kappa shape index (κ2) is 12.6. The molecule has 0 aromatic heterocycles. The van der Waals surface area contributed by atoms with E-state index in [0.717, 1.165) is 22.6 Å². The number of sulfonamides is 1. The van der Waals surface area contributed by atoms with Gasteiger partial charge in [-0.05, 0) is 61.6 Å². The van der Waals surface area contributed by atoms with E-state index in [1.807, 2.05) is 55.5 Å². The summed E-state index contributed by atoms with van der Waals surface area (Å²) in [6, 6.07) is 15.0. The molecule has 0 amide bonds. The minimum Gasteiger partial charge on any atom is -0.497 e. The molecule has 0 unspecified atom stereocenters. The van der Waals surface area contributed by atoms with Crippen molar-refractivity contribution in [3.05, 3.63) is 72.3 Å². The summed E-state index contributed by atoms with van der Waals surface area (Å²) in [5, 5.41) is -0.563. The standard InChI is InChI=1S/C25H35NO5S/c1-6-7-8-25(17-20(2)29-3)32(27,28)26(18-21-9-13-23(30-4)14-10-21)19-22-11-15-24(31-5)16-12-22/h6,9-16,20,25H,1,7-8,17-19H2,2-5H3/t20-,25+/m1/s1. The number of hydrogen-bond donors (Lipinski definition) is 0. The zero-order chi connectivity index (χ0) is 23.6. The van der Waals surface area contributed by atoms with Gasteiger partial charge in [-0.1, -0.05) is 30.3 Å². The molecule has 2 aromatic carbocycles. The highest BCUT2D eigenvalue weighted by molar-refractivity contribution is 7.89. The highest BCUT2D eigenvalue weighted by Crippen LogP contribution is 2.25. The van der Waals surface area contributed by atoms with E-state index in [2.05, 4.69) is 6.58 Å². The van der Waals surface area contributed by atoms with Gasteiger partial charge in [0.25, 0.3) is 0 Å². The number of benzene rings is 2.